The third-order valence-electron chi connectivity index (χ3n) is 3.57. The number of nitrogens with one attached hydrogen (secondary N) is 2. The van der Waals surface area contributed by atoms with E-state index in [1.165, 1.54) is 4.90 Å². The average Bonchev–Trinajstić information content (AvgIpc) is 2.62. The molecule has 7 nitrogen and oxygen atoms in total. The number of benzene rings is 1. The monoisotopic (exact) mass is 350 g/mol. The SMILES string of the molecule is CCCNC(=NCC(=O)N(C)C)NCCc1ccc(OC)c(OC)c1. The minimum Gasteiger partial charge on any atom is -0.493 e. The van der Waals surface area contributed by atoms with Gasteiger partial charge in [-0.2, -0.15) is 0 Å². The van der Waals surface area contributed by atoms with Crippen LogP contribution in [0.1, 0.15) is 18.9 Å². The minimum absolute atomic E-state index is 0.0301. The zero-order valence-corrected chi connectivity index (χ0v) is 15.9. The molecule has 1 aromatic rings. The first-order valence-corrected chi connectivity index (χ1v) is 8.45. The summed E-state index contributed by atoms with van der Waals surface area (Å²) in [5, 5.41) is 6.47. The van der Waals surface area contributed by atoms with Gasteiger partial charge in [0.2, 0.25) is 5.91 Å². The van der Waals surface area contributed by atoms with Crippen molar-refractivity contribution < 1.29 is 14.3 Å². The zero-order valence-electron chi connectivity index (χ0n) is 15.9. The topological polar surface area (TPSA) is 75.2 Å². The van der Waals surface area contributed by atoms with Crippen LogP contribution in [0, 0.1) is 0 Å². The number of carbonyl (C=O) groups is 1. The molecule has 2 N–H and O–H groups in total. The number of carbonyl (C=O) groups excluding carboxylic acids is 1. The molecule has 0 aliphatic carbocycles. The van der Waals surface area contributed by atoms with E-state index in [1.807, 2.05) is 18.2 Å². The van der Waals surface area contributed by atoms with E-state index >= 15 is 0 Å². The maximum atomic E-state index is 11.7. The summed E-state index contributed by atoms with van der Waals surface area (Å²) in [5.74, 6) is 2.05. The molecule has 0 radical (unpaired) electrons. The molecule has 0 saturated heterocycles. The Hall–Kier alpha value is -2.44. The Kier molecular flexibility index (Phi) is 9.21. The molecular weight excluding hydrogens is 320 g/mol. The van der Waals surface area contributed by atoms with Crippen molar-refractivity contribution in [1.29, 1.82) is 0 Å². The molecule has 0 aliphatic heterocycles. The van der Waals surface area contributed by atoms with Gasteiger partial charge in [0.05, 0.1) is 14.2 Å². The third-order valence-corrected chi connectivity index (χ3v) is 3.57. The molecule has 0 spiro atoms. The third kappa shape index (κ3) is 7.32. The molecule has 0 fully saturated rings. The van der Waals surface area contributed by atoms with Crippen molar-refractivity contribution in [2.24, 2.45) is 4.99 Å². The Morgan fingerprint density at radius 1 is 1.12 bits per heavy atom. The number of amides is 1. The number of hydrogen-bond donors (Lipinski definition) is 2. The van der Waals surface area contributed by atoms with Crippen molar-refractivity contribution >= 4 is 11.9 Å². The highest BCUT2D eigenvalue weighted by molar-refractivity contribution is 5.84. The van der Waals surface area contributed by atoms with Crippen molar-refractivity contribution in [2.75, 3.05) is 47.9 Å². The highest BCUT2D eigenvalue weighted by Gasteiger charge is 2.06. The second-order valence-corrected chi connectivity index (χ2v) is 5.75. The summed E-state index contributed by atoms with van der Waals surface area (Å²) in [6, 6.07) is 5.87. The Morgan fingerprint density at radius 2 is 1.80 bits per heavy atom. The molecule has 1 aromatic carbocycles. The summed E-state index contributed by atoms with van der Waals surface area (Å²) in [7, 11) is 6.69. The van der Waals surface area contributed by atoms with Gasteiger partial charge in [-0.1, -0.05) is 13.0 Å². The second-order valence-electron chi connectivity index (χ2n) is 5.75. The van der Waals surface area contributed by atoms with Crippen molar-refractivity contribution in [3.05, 3.63) is 23.8 Å². The highest BCUT2D eigenvalue weighted by atomic mass is 16.5. The number of aliphatic imine (C=N–C) groups is 1. The second kappa shape index (κ2) is 11.2. The summed E-state index contributed by atoms with van der Waals surface area (Å²) >= 11 is 0. The largest absolute Gasteiger partial charge is 0.493 e. The maximum absolute atomic E-state index is 11.7. The molecule has 1 amide bonds. The van der Waals surface area contributed by atoms with Gasteiger partial charge in [-0.25, -0.2) is 4.99 Å². The Balaban J connectivity index is 2.61. The fourth-order valence-corrected chi connectivity index (χ4v) is 2.07. The van der Waals surface area contributed by atoms with Gasteiger partial charge in [0, 0.05) is 27.2 Å². The molecule has 0 atom stereocenters. The first-order valence-electron chi connectivity index (χ1n) is 8.45. The number of ether oxygens (including phenoxy) is 2. The van der Waals surface area contributed by atoms with Crippen LogP contribution < -0.4 is 20.1 Å². The highest BCUT2D eigenvalue weighted by Crippen LogP contribution is 2.27. The standard InChI is InChI=1S/C18H30N4O3/c1-6-10-19-18(21-13-17(23)22(2)3)20-11-9-14-7-8-15(24-4)16(12-14)25-5/h7-8,12H,6,9-11,13H2,1-5H3,(H2,19,20,21). The quantitative estimate of drug-likeness (QED) is 0.518. The number of nitrogens with zero attached hydrogens (tertiary/aromatic N) is 2. The van der Waals surface area contributed by atoms with Crippen molar-refractivity contribution in [3.8, 4) is 11.5 Å². The first-order chi connectivity index (χ1) is 12.0. The molecule has 0 saturated carbocycles. The summed E-state index contributed by atoms with van der Waals surface area (Å²) in [6.07, 6.45) is 1.78. The van der Waals surface area contributed by atoms with E-state index in [4.69, 9.17) is 9.47 Å². The summed E-state index contributed by atoms with van der Waals surface area (Å²) < 4.78 is 10.6. The average molecular weight is 350 g/mol. The fourth-order valence-electron chi connectivity index (χ4n) is 2.07. The van der Waals surface area contributed by atoms with E-state index in [1.54, 1.807) is 28.3 Å². The van der Waals surface area contributed by atoms with Gasteiger partial charge in [0.1, 0.15) is 6.54 Å². The number of methoxy groups -OCH3 is 2. The lowest BCUT2D eigenvalue weighted by molar-refractivity contribution is -0.127. The predicted octanol–water partition coefficient (Wildman–Crippen LogP) is 1.28. The smallest absolute Gasteiger partial charge is 0.243 e. The maximum Gasteiger partial charge on any atom is 0.243 e. The van der Waals surface area contributed by atoms with Gasteiger partial charge in [0.15, 0.2) is 17.5 Å². The Bertz CT molecular complexity index is 573. The Labute approximate surface area is 150 Å². The zero-order chi connectivity index (χ0) is 18.7. The van der Waals surface area contributed by atoms with Crippen LogP contribution in [0.2, 0.25) is 0 Å². The summed E-state index contributed by atoms with van der Waals surface area (Å²) in [6.45, 7) is 3.71. The van der Waals surface area contributed by atoms with Crippen LogP contribution >= 0.6 is 0 Å². The van der Waals surface area contributed by atoms with E-state index in [9.17, 15) is 4.79 Å². The van der Waals surface area contributed by atoms with Crippen molar-refractivity contribution in [3.63, 3.8) is 0 Å². The lowest BCUT2D eigenvalue weighted by atomic mass is 10.1. The number of likely N-dealkylation sites (N-methyl/N-ethyl adjacent to an activating group) is 1. The molecule has 0 aliphatic rings. The molecular formula is C18H30N4O3. The van der Waals surface area contributed by atoms with Crippen LogP contribution in [0.4, 0.5) is 0 Å². The van der Waals surface area contributed by atoms with Crippen LogP contribution in [-0.2, 0) is 11.2 Å². The molecule has 0 unspecified atom stereocenters. The molecule has 140 valence electrons. The number of hydrogen-bond acceptors (Lipinski definition) is 4. The normalized spacial score (nSPS) is 11.0. The van der Waals surface area contributed by atoms with E-state index in [0.717, 1.165) is 30.7 Å². The van der Waals surface area contributed by atoms with Gasteiger partial charge < -0.3 is 25.0 Å². The van der Waals surface area contributed by atoms with E-state index in [-0.39, 0.29) is 12.5 Å². The molecule has 1 rings (SSSR count). The molecule has 7 heteroatoms. The van der Waals surface area contributed by atoms with Crippen LogP contribution in [0.3, 0.4) is 0 Å². The predicted molar refractivity (Wildman–Crippen MR) is 101 cm³/mol. The molecule has 0 aromatic heterocycles. The Morgan fingerprint density at radius 3 is 2.40 bits per heavy atom. The number of rotatable bonds is 9. The summed E-state index contributed by atoms with van der Waals surface area (Å²) in [5.41, 5.74) is 1.13. The van der Waals surface area contributed by atoms with E-state index in [0.29, 0.717) is 18.3 Å². The number of guanidine groups is 1. The van der Waals surface area contributed by atoms with Crippen LogP contribution in [-0.4, -0.2) is 64.7 Å². The van der Waals surface area contributed by atoms with E-state index < -0.39 is 0 Å². The van der Waals surface area contributed by atoms with Crippen molar-refractivity contribution in [2.45, 2.75) is 19.8 Å². The van der Waals surface area contributed by atoms with Gasteiger partial charge in [-0.15, -0.1) is 0 Å². The lowest BCUT2D eigenvalue weighted by Gasteiger charge is -2.14. The molecule has 0 bridgehead atoms. The molecule has 0 heterocycles. The summed E-state index contributed by atoms with van der Waals surface area (Å²) in [4.78, 5) is 17.6. The fraction of sp³-hybridized carbons (Fsp3) is 0.556. The van der Waals surface area contributed by atoms with Gasteiger partial charge in [-0.05, 0) is 30.5 Å². The van der Waals surface area contributed by atoms with Gasteiger partial charge >= 0.3 is 0 Å². The van der Waals surface area contributed by atoms with E-state index in [2.05, 4.69) is 22.5 Å². The van der Waals surface area contributed by atoms with Crippen LogP contribution in [0.15, 0.2) is 23.2 Å². The van der Waals surface area contributed by atoms with Crippen molar-refractivity contribution in [1.82, 2.24) is 15.5 Å². The first kappa shape index (κ1) is 20.6. The van der Waals surface area contributed by atoms with Gasteiger partial charge in [-0.3, -0.25) is 4.79 Å². The van der Waals surface area contributed by atoms with Gasteiger partial charge in [0.25, 0.3) is 0 Å². The van der Waals surface area contributed by atoms with Crippen LogP contribution in [0.25, 0.3) is 0 Å². The minimum atomic E-state index is -0.0301. The van der Waals surface area contributed by atoms with Crippen LogP contribution in [0.5, 0.6) is 11.5 Å². The lowest BCUT2D eigenvalue weighted by Crippen LogP contribution is -2.39. The molecule has 25 heavy (non-hydrogen) atoms.